The zero-order valence-corrected chi connectivity index (χ0v) is 19.6. The van der Waals surface area contributed by atoms with E-state index in [-0.39, 0.29) is 44.7 Å². The Hall–Kier alpha value is -1.22. The van der Waals surface area contributed by atoms with Crippen LogP contribution in [0, 0.1) is 5.92 Å². The van der Waals surface area contributed by atoms with Gasteiger partial charge in [-0.25, -0.2) is 8.42 Å². The fourth-order valence-corrected chi connectivity index (χ4v) is 4.37. The summed E-state index contributed by atoms with van der Waals surface area (Å²) in [5.74, 6) is 1.20. The van der Waals surface area contributed by atoms with Crippen LogP contribution >= 0.6 is 34.8 Å². The third-order valence-corrected chi connectivity index (χ3v) is 6.87. The highest BCUT2D eigenvalue weighted by Gasteiger charge is 2.21. The van der Waals surface area contributed by atoms with Gasteiger partial charge in [0.05, 0.1) is 33.0 Å². The Bertz CT molecular complexity index is 952. The van der Waals surface area contributed by atoms with Crippen LogP contribution in [0.3, 0.4) is 0 Å². The van der Waals surface area contributed by atoms with Gasteiger partial charge in [0, 0.05) is 18.9 Å². The molecule has 1 N–H and O–H groups in total. The van der Waals surface area contributed by atoms with Gasteiger partial charge in [-0.2, -0.15) is 0 Å². The number of hydrogen-bond donors (Lipinski definition) is 1. The van der Waals surface area contributed by atoms with Crippen molar-refractivity contribution in [1.82, 2.24) is 0 Å². The predicted octanol–water partition coefficient (Wildman–Crippen LogP) is 4.47. The minimum Gasteiger partial charge on any atom is -0.492 e. The maximum atomic E-state index is 13.0. The number of benzene rings is 2. The highest BCUT2D eigenvalue weighted by atomic mass is 35.5. The Morgan fingerprint density at radius 1 is 0.933 bits per heavy atom. The second kappa shape index (κ2) is 11.4. The lowest BCUT2D eigenvalue weighted by atomic mass is 10.2. The van der Waals surface area contributed by atoms with Crippen LogP contribution in [0.4, 0.5) is 0 Å². The maximum Gasteiger partial charge on any atom is 0.206 e. The van der Waals surface area contributed by atoms with Crippen LogP contribution in [0.15, 0.2) is 46.2 Å². The second-order valence-electron chi connectivity index (χ2n) is 6.68. The van der Waals surface area contributed by atoms with E-state index in [0.717, 1.165) is 0 Å². The summed E-state index contributed by atoms with van der Waals surface area (Å²) in [5, 5.41) is 9.92. The first-order valence-electron chi connectivity index (χ1n) is 9.01. The summed E-state index contributed by atoms with van der Waals surface area (Å²) in [5.41, 5.74) is 0. The average Bonchev–Trinajstić information content (AvgIpc) is 2.71. The molecule has 6 nitrogen and oxygen atoms in total. The number of hydrogen-bond acceptors (Lipinski definition) is 6. The van der Waals surface area contributed by atoms with E-state index in [1.54, 1.807) is 0 Å². The van der Waals surface area contributed by atoms with Gasteiger partial charge in [-0.15, -0.1) is 11.6 Å². The average molecular weight is 498 g/mol. The molecule has 10 heteroatoms. The lowest BCUT2D eigenvalue weighted by molar-refractivity contribution is 0.0325. The molecule has 0 aliphatic rings. The van der Waals surface area contributed by atoms with Crippen molar-refractivity contribution < 1.29 is 27.7 Å². The lowest BCUT2D eigenvalue weighted by Gasteiger charge is -2.14. The topological polar surface area (TPSA) is 82.1 Å². The molecular formula is C20H23Cl3O6S. The summed E-state index contributed by atoms with van der Waals surface area (Å²) in [6.45, 7) is 2.36. The molecule has 0 saturated heterocycles. The third kappa shape index (κ3) is 6.64. The van der Waals surface area contributed by atoms with E-state index in [2.05, 4.69) is 0 Å². The van der Waals surface area contributed by atoms with E-state index in [1.165, 1.54) is 43.5 Å². The van der Waals surface area contributed by atoms with Gasteiger partial charge < -0.3 is 19.3 Å². The Labute approximate surface area is 191 Å². The van der Waals surface area contributed by atoms with E-state index >= 15 is 0 Å². The molecule has 0 amide bonds. The van der Waals surface area contributed by atoms with Gasteiger partial charge in [0.15, 0.2) is 0 Å². The van der Waals surface area contributed by atoms with Crippen molar-refractivity contribution >= 4 is 44.6 Å². The van der Waals surface area contributed by atoms with E-state index in [0.29, 0.717) is 18.2 Å². The molecule has 2 aromatic rings. The summed E-state index contributed by atoms with van der Waals surface area (Å²) in [6.07, 6.45) is -0.829. The minimum atomic E-state index is -3.86. The van der Waals surface area contributed by atoms with Crippen LogP contribution in [0.25, 0.3) is 0 Å². The van der Waals surface area contributed by atoms with Crippen molar-refractivity contribution in [3.8, 4) is 11.5 Å². The number of rotatable bonds is 11. The van der Waals surface area contributed by atoms with Gasteiger partial charge in [-0.1, -0.05) is 30.1 Å². The zero-order chi connectivity index (χ0) is 22.3. The quantitative estimate of drug-likeness (QED) is 0.461. The zero-order valence-electron chi connectivity index (χ0n) is 16.5. The molecule has 0 aliphatic carbocycles. The molecule has 30 heavy (non-hydrogen) atoms. The smallest absolute Gasteiger partial charge is 0.206 e. The monoisotopic (exact) mass is 496 g/mol. The van der Waals surface area contributed by atoms with E-state index in [4.69, 9.17) is 49.0 Å². The van der Waals surface area contributed by atoms with Crippen molar-refractivity contribution in [3.05, 3.63) is 46.4 Å². The summed E-state index contributed by atoms with van der Waals surface area (Å²) >= 11 is 18.1. The molecule has 0 bridgehead atoms. The molecule has 2 rings (SSSR count). The SMILES string of the molecule is COCC(O)COc1ccc(S(=O)(=O)c2ccc(OCC(C)CCl)c(Cl)c2)cc1Cl. The standard InChI is InChI=1S/C20H23Cl3O6S/c1-13(9-21)10-28-19-5-3-15(7-17(19)22)30(25,26)16-4-6-20(18(23)8-16)29-12-14(24)11-27-2/h3-8,13-14,24H,9-12H2,1-2H3. The predicted molar refractivity (Wildman–Crippen MR) is 117 cm³/mol. The van der Waals surface area contributed by atoms with Crippen molar-refractivity contribution in [3.63, 3.8) is 0 Å². The fourth-order valence-electron chi connectivity index (χ4n) is 2.37. The van der Waals surface area contributed by atoms with Crippen molar-refractivity contribution in [2.45, 2.75) is 22.8 Å². The first-order valence-corrected chi connectivity index (χ1v) is 11.8. The molecule has 2 unspecified atom stereocenters. The summed E-state index contributed by atoms with van der Waals surface area (Å²) in [4.78, 5) is -0.0109. The molecular weight excluding hydrogens is 475 g/mol. The number of sulfone groups is 1. The summed E-state index contributed by atoms with van der Waals surface area (Å²) in [6, 6.07) is 8.35. The lowest BCUT2D eigenvalue weighted by Crippen LogP contribution is -2.22. The summed E-state index contributed by atoms with van der Waals surface area (Å²) in [7, 11) is -2.40. The highest BCUT2D eigenvalue weighted by molar-refractivity contribution is 7.91. The van der Waals surface area contributed by atoms with Gasteiger partial charge in [0.25, 0.3) is 0 Å². The molecule has 0 aliphatic heterocycles. The van der Waals surface area contributed by atoms with Gasteiger partial charge in [-0.3, -0.25) is 0 Å². The highest BCUT2D eigenvalue weighted by Crippen LogP contribution is 2.33. The number of halogens is 3. The fraction of sp³-hybridized carbons (Fsp3) is 0.400. The largest absolute Gasteiger partial charge is 0.492 e. The normalized spacial score (nSPS) is 13.7. The Balaban J connectivity index is 2.18. The number of methoxy groups -OCH3 is 1. The van der Waals surface area contributed by atoms with Crippen LogP contribution in [0.1, 0.15) is 6.92 Å². The van der Waals surface area contributed by atoms with Gasteiger partial charge in [0.1, 0.15) is 24.2 Å². The third-order valence-electron chi connectivity index (χ3n) is 4.00. The van der Waals surface area contributed by atoms with Crippen LogP contribution < -0.4 is 9.47 Å². The van der Waals surface area contributed by atoms with Crippen molar-refractivity contribution in [2.24, 2.45) is 5.92 Å². The minimum absolute atomic E-state index is 0.00509. The Morgan fingerprint density at radius 2 is 1.43 bits per heavy atom. The number of aliphatic hydroxyl groups excluding tert-OH is 1. The van der Waals surface area contributed by atoms with Crippen molar-refractivity contribution in [1.29, 1.82) is 0 Å². The second-order valence-corrected chi connectivity index (χ2v) is 9.75. The molecule has 166 valence electrons. The summed E-state index contributed by atoms with van der Waals surface area (Å²) < 4.78 is 41.7. The molecule has 0 aromatic heterocycles. The first kappa shape index (κ1) is 25.0. The van der Waals surface area contributed by atoms with E-state index < -0.39 is 15.9 Å². The van der Waals surface area contributed by atoms with Crippen LogP contribution in [-0.2, 0) is 14.6 Å². The van der Waals surface area contributed by atoms with Gasteiger partial charge >= 0.3 is 0 Å². The molecule has 0 radical (unpaired) electrons. The van der Waals surface area contributed by atoms with E-state index in [1.807, 2.05) is 6.92 Å². The number of aliphatic hydroxyl groups is 1. The van der Waals surface area contributed by atoms with Crippen molar-refractivity contribution in [2.75, 3.05) is 32.8 Å². The van der Waals surface area contributed by atoms with Crippen LogP contribution in [0.2, 0.25) is 10.0 Å². The maximum absolute atomic E-state index is 13.0. The molecule has 0 heterocycles. The molecule has 0 fully saturated rings. The Morgan fingerprint density at radius 3 is 1.87 bits per heavy atom. The first-order chi connectivity index (χ1) is 14.2. The van der Waals surface area contributed by atoms with Crippen LogP contribution in [0.5, 0.6) is 11.5 Å². The van der Waals surface area contributed by atoms with E-state index in [9.17, 15) is 13.5 Å². The Kier molecular flexibility index (Phi) is 9.53. The molecule has 0 spiro atoms. The molecule has 2 atom stereocenters. The number of ether oxygens (including phenoxy) is 3. The van der Waals surface area contributed by atoms with Gasteiger partial charge in [0.2, 0.25) is 9.84 Å². The molecule has 2 aromatic carbocycles. The van der Waals surface area contributed by atoms with Crippen LogP contribution in [-0.4, -0.2) is 52.4 Å². The molecule has 0 saturated carbocycles. The van der Waals surface area contributed by atoms with Gasteiger partial charge in [-0.05, 0) is 36.4 Å². The number of alkyl halides is 1.